The molecule has 0 atom stereocenters. The lowest BCUT2D eigenvalue weighted by atomic mass is 10.1. The van der Waals surface area contributed by atoms with Crippen molar-refractivity contribution in [2.45, 2.75) is 57.7 Å². The van der Waals surface area contributed by atoms with E-state index in [1.54, 1.807) is 18.2 Å². The van der Waals surface area contributed by atoms with E-state index in [0.29, 0.717) is 54.4 Å². The van der Waals surface area contributed by atoms with Gasteiger partial charge < -0.3 is 20.4 Å². The van der Waals surface area contributed by atoms with Crippen LogP contribution in [0.3, 0.4) is 0 Å². The average Bonchev–Trinajstić information content (AvgIpc) is 2.95. The molecule has 0 saturated carbocycles. The first-order valence-electron chi connectivity index (χ1n) is 14.1. The second-order valence-electron chi connectivity index (χ2n) is 10.4. The molecule has 1 aliphatic heterocycles. The highest BCUT2D eigenvalue weighted by molar-refractivity contribution is 6.42. The maximum atomic E-state index is 13.0. The van der Waals surface area contributed by atoms with Crippen LogP contribution in [0.1, 0.15) is 55.2 Å². The molecule has 0 spiro atoms. The predicted molar refractivity (Wildman–Crippen MR) is 157 cm³/mol. The molecule has 0 radical (unpaired) electrons. The molecule has 43 heavy (non-hydrogen) atoms. The molecule has 234 valence electrons. The van der Waals surface area contributed by atoms with E-state index in [2.05, 4.69) is 10.6 Å². The summed E-state index contributed by atoms with van der Waals surface area (Å²) in [5, 5.41) is 6.29. The minimum absolute atomic E-state index is 0.137. The van der Waals surface area contributed by atoms with Gasteiger partial charge in [-0.2, -0.15) is 13.2 Å². The van der Waals surface area contributed by atoms with Crippen LogP contribution >= 0.6 is 23.2 Å². The molecule has 2 aromatic rings. The van der Waals surface area contributed by atoms with Crippen molar-refractivity contribution in [3.63, 3.8) is 0 Å². The second kappa shape index (κ2) is 16.5. The minimum Gasteiger partial charge on any atom is -0.355 e. The summed E-state index contributed by atoms with van der Waals surface area (Å²) in [7, 11) is 0. The third kappa shape index (κ3) is 11.7. The number of nitrogens with one attached hydrogen (secondary N) is 2. The first-order valence-corrected chi connectivity index (χ1v) is 14.9. The van der Waals surface area contributed by atoms with Crippen molar-refractivity contribution in [2.75, 3.05) is 32.7 Å². The third-order valence-corrected chi connectivity index (χ3v) is 7.70. The van der Waals surface area contributed by atoms with Crippen LogP contribution in [0.25, 0.3) is 0 Å². The lowest BCUT2D eigenvalue weighted by Crippen LogP contribution is -2.42. The lowest BCUT2D eigenvalue weighted by Gasteiger charge is -2.24. The highest BCUT2D eigenvalue weighted by Crippen LogP contribution is 2.29. The van der Waals surface area contributed by atoms with Gasteiger partial charge in [0.05, 0.1) is 28.7 Å². The number of carbonyl (C=O) groups excluding carboxylic acids is 4. The summed E-state index contributed by atoms with van der Waals surface area (Å²) >= 11 is 12.1. The smallest absolute Gasteiger partial charge is 0.355 e. The Balaban J connectivity index is 1.60. The number of hydrogen-bond donors (Lipinski definition) is 2. The van der Waals surface area contributed by atoms with Crippen molar-refractivity contribution in [1.29, 1.82) is 0 Å². The van der Waals surface area contributed by atoms with Crippen LogP contribution in [-0.4, -0.2) is 66.2 Å². The quantitative estimate of drug-likeness (QED) is 0.480. The zero-order chi connectivity index (χ0) is 31.4. The zero-order valence-electron chi connectivity index (χ0n) is 23.7. The van der Waals surface area contributed by atoms with Gasteiger partial charge in [0.25, 0.3) is 0 Å². The summed E-state index contributed by atoms with van der Waals surface area (Å²) < 4.78 is 38.6. The number of halogens is 5. The Labute approximate surface area is 258 Å². The van der Waals surface area contributed by atoms with E-state index in [0.717, 1.165) is 17.7 Å². The summed E-state index contributed by atoms with van der Waals surface area (Å²) in [6.07, 6.45) is -1.93. The van der Waals surface area contributed by atoms with Crippen LogP contribution in [0.5, 0.6) is 0 Å². The van der Waals surface area contributed by atoms with Crippen LogP contribution in [0.15, 0.2) is 42.5 Å². The van der Waals surface area contributed by atoms with E-state index < -0.39 is 11.7 Å². The first kappa shape index (κ1) is 34.2. The van der Waals surface area contributed by atoms with E-state index in [-0.39, 0.29) is 69.1 Å². The summed E-state index contributed by atoms with van der Waals surface area (Å²) in [4.78, 5) is 54.1. The Kier molecular flexibility index (Phi) is 13.1. The molecule has 1 heterocycles. The van der Waals surface area contributed by atoms with Crippen molar-refractivity contribution in [1.82, 2.24) is 20.4 Å². The van der Waals surface area contributed by atoms with Gasteiger partial charge in [-0.3, -0.25) is 19.2 Å². The van der Waals surface area contributed by atoms with Crippen molar-refractivity contribution >= 4 is 46.8 Å². The van der Waals surface area contributed by atoms with Gasteiger partial charge in [-0.1, -0.05) is 41.4 Å². The highest BCUT2D eigenvalue weighted by Gasteiger charge is 2.30. The number of carbonyl (C=O) groups is 4. The van der Waals surface area contributed by atoms with E-state index in [9.17, 15) is 32.3 Å². The predicted octanol–water partition coefficient (Wildman–Crippen LogP) is 5.00. The van der Waals surface area contributed by atoms with Crippen molar-refractivity contribution < 1.29 is 32.3 Å². The number of alkyl halides is 3. The van der Waals surface area contributed by atoms with E-state index in [1.165, 1.54) is 21.9 Å². The van der Waals surface area contributed by atoms with Crippen molar-refractivity contribution in [3.8, 4) is 0 Å². The molecule has 3 rings (SSSR count). The van der Waals surface area contributed by atoms with E-state index in [1.807, 2.05) is 0 Å². The van der Waals surface area contributed by atoms with Crippen molar-refractivity contribution in [2.24, 2.45) is 0 Å². The van der Waals surface area contributed by atoms with E-state index >= 15 is 0 Å². The number of benzene rings is 2. The SMILES string of the molecule is O=C1CN(CCc2ccc(C(F)(F)F)cc2)C(=O)CCCCNC(=O)CN(Cc2ccc(Cl)c(Cl)c2)C(=O)CCCCN1. The van der Waals surface area contributed by atoms with Crippen LogP contribution in [-0.2, 0) is 38.3 Å². The average molecular weight is 644 g/mol. The maximum absolute atomic E-state index is 13.0. The van der Waals surface area contributed by atoms with Gasteiger partial charge in [0.15, 0.2) is 0 Å². The molecule has 0 bridgehead atoms. The monoisotopic (exact) mass is 642 g/mol. The molecule has 1 aliphatic rings. The van der Waals surface area contributed by atoms with Crippen LogP contribution in [0, 0.1) is 0 Å². The van der Waals surface area contributed by atoms with Gasteiger partial charge >= 0.3 is 6.18 Å². The second-order valence-corrected chi connectivity index (χ2v) is 11.2. The lowest BCUT2D eigenvalue weighted by molar-refractivity contribution is -0.137. The highest BCUT2D eigenvalue weighted by atomic mass is 35.5. The van der Waals surface area contributed by atoms with Gasteiger partial charge in [-0.15, -0.1) is 0 Å². The van der Waals surface area contributed by atoms with Crippen molar-refractivity contribution in [3.05, 3.63) is 69.2 Å². The number of amides is 4. The standard InChI is InChI=1S/C30H35Cl2F3N4O4/c31-24-12-9-22(17-25(24)32)18-39-20-27(41)37-15-3-1-5-28(42)38(19-26(40)36-14-4-2-6-29(39)43)16-13-21-7-10-23(11-8-21)30(33,34)35/h7-12,17H,1-6,13-16,18-20H2,(H,36,40)(H,37,41). The fourth-order valence-electron chi connectivity index (χ4n) is 4.54. The molecule has 0 aliphatic carbocycles. The number of hydrogen-bond acceptors (Lipinski definition) is 4. The van der Waals surface area contributed by atoms with Gasteiger partial charge in [-0.05, 0) is 67.5 Å². The molecule has 1 saturated heterocycles. The summed E-state index contributed by atoms with van der Waals surface area (Å²) in [5.74, 6) is -1.16. The van der Waals surface area contributed by atoms with Crippen LogP contribution < -0.4 is 10.6 Å². The maximum Gasteiger partial charge on any atom is 0.416 e. The molecule has 0 aromatic heterocycles. The van der Waals surface area contributed by atoms with Gasteiger partial charge in [0.2, 0.25) is 23.6 Å². The molecule has 2 aromatic carbocycles. The molecule has 1 fully saturated rings. The molecular formula is C30H35Cl2F3N4O4. The molecule has 2 N–H and O–H groups in total. The normalized spacial score (nSPS) is 17.2. The number of rotatable bonds is 5. The van der Waals surface area contributed by atoms with Crippen LogP contribution in [0.2, 0.25) is 10.0 Å². The third-order valence-electron chi connectivity index (χ3n) is 6.96. The molecule has 8 nitrogen and oxygen atoms in total. The number of nitrogens with zero attached hydrogens (tertiary/aromatic N) is 2. The van der Waals surface area contributed by atoms with Gasteiger partial charge in [0.1, 0.15) is 0 Å². The fourth-order valence-corrected chi connectivity index (χ4v) is 4.86. The zero-order valence-corrected chi connectivity index (χ0v) is 25.2. The first-order chi connectivity index (χ1) is 20.4. The minimum atomic E-state index is -4.43. The molecule has 0 unspecified atom stereocenters. The molecule has 4 amide bonds. The molecular weight excluding hydrogens is 608 g/mol. The fraction of sp³-hybridized carbons (Fsp3) is 0.467. The topological polar surface area (TPSA) is 98.8 Å². The Morgan fingerprint density at radius 1 is 0.698 bits per heavy atom. The summed E-state index contributed by atoms with van der Waals surface area (Å²) in [6, 6.07) is 9.75. The van der Waals surface area contributed by atoms with Gasteiger partial charge in [-0.25, -0.2) is 0 Å². The summed E-state index contributed by atoms with van der Waals surface area (Å²) in [6.45, 7) is 0.598. The molecule has 13 heteroatoms. The van der Waals surface area contributed by atoms with Gasteiger partial charge in [0, 0.05) is 39.0 Å². The summed E-state index contributed by atoms with van der Waals surface area (Å²) in [5.41, 5.74) is 0.587. The van der Waals surface area contributed by atoms with Crippen LogP contribution in [0.4, 0.5) is 13.2 Å². The Morgan fingerprint density at radius 3 is 1.79 bits per heavy atom. The Bertz CT molecular complexity index is 1280. The Morgan fingerprint density at radius 2 is 1.23 bits per heavy atom. The Hall–Kier alpha value is -3.31. The van der Waals surface area contributed by atoms with E-state index in [4.69, 9.17) is 23.2 Å². The largest absolute Gasteiger partial charge is 0.416 e.